The minimum absolute atomic E-state index is 0.358. The Labute approximate surface area is 163 Å². The fraction of sp³-hybridized carbons (Fsp3) is 0.800. The summed E-state index contributed by atoms with van der Waals surface area (Å²) in [6, 6.07) is 2.03. The van der Waals surface area contributed by atoms with E-state index in [1.165, 1.54) is 0 Å². The smallest absolute Gasteiger partial charge is 0.191 e. The van der Waals surface area contributed by atoms with E-state index in [0.717, 1.165) is 82.4 Å². The van der Waals surface area contributed by atoms with Crippen LogP contribution < -0.4 is 10.6 Å². The van der Waals surface area contributed by atoms with Gasteiger partial charge in [0.15, 0.2) is 11.7 Å². The molecule has 0 atom stereocenters. The third-order valence-electron chi connectivity index (χ3n) is 4.85. The average Bonchev–Trinajstić information content (AvgIpc) is 3.16. The topological polar surface area (TPSA) is 80.9 Å². The van der Waals surface area contributed by atoms with Crippen molar-refractivity contribution in [2.45, 2.75) is 71.4 Å². The Morgan fingerprint density at radius 1 is 1.26 bits per heavy atom. The normalized spacial score (nSPS) is 16.1. The first-order chi connectivity index (χ1) is 13.3. The van der Waals surface area contributed by atoms with Crippen LogP contribution in [-0.4, -0.2) is 50.1 Å². The summed E-state index contributed by atoms with van der Waals surface area (Å²) in [6.45, 7) is 11.0. The number of hydrogen-bond acceptors (Lipinski definition) is 5. The summed E-state index contributed by atoms with van der Waals surface area (Å²) < 4.78 is 16.7. The van der Waals surface area contributed by atoms with Crippen LogP contribution in [0.1, 0.15) is 70.2 Å². The maximum Gasteiger partial charge on any atom is 0.191 e. The van der Waals surface area contributed by atoms with Gasteiger partial charge in [0, 0.05) is 44.9 Å². The minimum atomic E-state index is 0.358. The lowest BCUT2D eigenvalue weighted by Crippen LogP contribution is -2.38. The molecule has 154 valence electrons. The Bertz CT molecular complexity index is 537. The SMILES string of the molecule is CCNC(=NCc1cc(C(CC)CC)no1)NCCCOC1CCOCC1. The lowest BCUT2D eigenvalue weighted by Gasteiger charge is -2.22. The number of nitrogens with zero attached hydrogens (tertiary/aromatic N) is 2. The van der Waals surface area contributed by atoms with Crippen LogP contribution in [0.15, 0.2) is 15.6 Å². The van der Waals surface area contributed by atoms with E-state index in [4.69, 9.17) is 14.0 Å². The second-order valence-corrected chi connectivity index (χ2v) is 6.89. The summed E-state index contributed by atoms with van der Waals surface area (Å²) in [5.41, 5.74) is 1.04. The van der Waals surface area contributed by atoms with Crippen LogP contribution in [-0.2, 0) is 16.0 Å². The van der Waals surface area contributed by atoms with Gasteiger partial charge in [0.05, 0.1) is 11.8 Å². The van der Waals surface area contributed by atoms with E-state index in [1.54, 1.807) is 0 Å². The van der Waals surface area contributed by atoms with Gasteiger partial charge in [-0.05, 0) is 39.0 Å². The third kappa shape index (κ3) is 7.89. The Morgan fingerprint density at radius 3 is 2.74 bits per heavy atom. The van der Waals surface area contributed by atoms with E-state index < -0.39 is 0 Å². The van der Waals surface area contributed by atoms with Gasteiger partial charge in [-0.25, -0.2) is 4.99 Å². The van der Waals surface area contributed by atoms with Gasteiger partial charge in [0.1, 0.15) is 6.54 Å². The van der Waals surface area contributed by atoms with E-state index in [0.29, 0.717) is 18.6 Å². The lowest BCUT2D eigenvalue weighted by molar-refractivity contribution is -0.0320. The first kappa shape index (κ1) is 21.7. The van der Waals surface area contributed by atoms with Crippen molar-refractivity contribution < 1.29 is 14.0 Å². The van der Waals surface area contributed by atoms with Crippen molar-refractivity contribution in [1.82, 2.24) is 15.8 Å². The molecule has 2 heterocycles. The molecule has 0 aromatic carbocycles. The molecule has 0 unspecified atom stereocenters. The quantitative estimate of drug-likeness (QED) is 0.348. The van der Waals surface area contributed by atoms with Crippen LogP contribution in [0.4, 0.5) is 0 Å². The molecule has 7 nitrogen and oxygen atoms in total. The largest absolute Gasteiger partial charge is 0.381 e. The van der Waals surface area contributed by atoms with E-state index in [2.05, 4.69) is 41.6 Å². The highest BCUT2D eigenvalue weighted by Gasteiger charge is 2.14. The zero-order valence-corrected chi connectivity index (χ0v) is 17.1. The molecule has 1 aliphatic heterocycles. The number of aromatic nitrogens is 1. The van der Waals surface area contributed by atoms with Gasteiger partial charge in [-0.1, -0.05) is 19.0 Å². The fourth-order valence-electron chi connectivity index (χ4n) is 3.17. The van der Waals surface area contributed by atoms with Crippen molar-refractivity contribution in [2.24, 2.45) is 4.99 Å². The van der Waals surface area contributed by atoms with Gasteiger partial charge in [0.25, 0.3) is 0 Å². The van der Waals surface area contributed by atoms with Gasteiger partial charge in [-0.15, -0.1) is 0 Å². The molecule has 2 N–H and O–H groups in total. The molecule has 2 rings (SSSR count). The second-order valence-electron chi connectivity index (χ2n) is 6.89. The highest BCUT2D eigenvalue weighted by atomic mass is 16.5. The Balaban J connectivity index is 1.71. The molecule has 7 heteroatoms. The highest BCUT2D eigenvalue weighted by molar-refractivity contribution is 5.79. The molecule has 1 aromatic heterocycles. The Kier molecular flexibility index (Phi) is 10.2. The summed E-state index contributed by atoms with van der Waals surface area (Å²) in [6.07, 6.45) is 5.47. The molecule has 0 radical (unpaired) electrons. The highest BCUT2D eigenvalue weighted by Crippen LogP contribution is 2.22. The van der Waals surface area contributed by atoms with Crippen LogP contribution in [0.5, 0.6) is 0 Å². The number of rotatable bonds is 11. The minimum Gasteiger partial charge on any atom is -0.381 e. The summed E-state index contributed by atoms with van der Waals surface area (Å²) in [5.74, 6) is 2.06. The molecule has 0 spiro atoms. The standard InChI is InChI=1S/C20H36N4O3/c1-4-16(5-2)19-14-18(27-24-19)15-23-20(21-6-3)22-10-7-11-26-17-8-12-25-13-9-17/h14,16-17H,4-13,15H2,1-3H3,(H2,21,22,23). The van der Waals surface area contributed by atoms with E-state index in [1.807, 2.05) is 6.07 Å². The number of aliphatic imine (C=N–C) groups is 1. The Morgan fingerprint density at radius 2 is 2.04 bits per heavy atom. The monoisotopic (exact) mass is 380 g/mol. The predicted molar refractivity (Wildman–Crippen MR) is 107 cm³/mol. The van der Waals surface area contributed by atoms with Crippen LogP contribution in [0, 0.1) is 0 Å². The second kappa shape index (κ2) is 12.7. The lowest BCUT2D eigenvalue weighted by atomic mass is 9.99. The number of hydrogen-bond donors (Lipinski definition) is 2. The van der Waals surface area contributed by atoms with Crippen LogP contribution in [0.25, 0.3) is 0 Å². The molecule has 1 aromatic rings. The van der Waals surface area contributed by atoms with Crippen molar-refractivity contribution in [2.75, 3.05) is 32.9 Å². The predicted octanol–water partition coefficient (Wildman–Crippen LogP) is 3.22. The van der Waals surface area contributed by atoms with Crippen LogP contribution >= 0.6 is 0 Å². The molecule has 27 heavy (non-hydrogen) atoms. The number of guanidine groups is 1. The molecule has 1 fully saturated rings. The summed E-state index contributed by atoms with van der Waals surface area (Å²) in [7, 11) is 0. The van der Waals surface area contributed by atoms with Gasteiger partial charge < -0.3 is 24.6 Å². The molecular weight excluding hydrogens is 344 g/mol. The van der Waals surface area contributed by atoms with Gasteiger partial charge in [0.2, 0.25) is 0 Å². The summed E-state index contributed by atoms with van der Waals surface area (Å²) >= 11 is 0. The number of nitrogens with one attached hydrogen (secondary N) is 2. The van der Waals surface area contributed by atoms with Crippen molar-refractivity contribution >= 4 is 5.96 Å². The van der Waals surface area contributed by atoms with Crippen LogP contribution in [0.2, 0.25) is 0 Å². The van der Waals surface area contributed by atoms with E-state index in [9.17, 15) is 0 Å². The van der Waals surface area contributed by atoms with Crippen LogP contribution in [0.3, 0.4) is 0 Å². The fourth-order valence-corrected chi connectivity index (χ4v) is 3.17. The van der Waals surface area contributed by atoms with Gasteiger partial charge in [-0.2, -0.15) is 0 Å². The van der Waals surface area contributed by atoms with E-state index in [-0.39, 0.29) is 0 Å². The van der Waals surface area contributed by atoms with Crippen molar-refractivity contribution in [1.29, 1.82) is 0 Å². The third-order valence-corrected chi connectivity index (χ3v) is 4.85. The average molecular weight is 381 g/mol. The maximum absolute atomic E-state index is 5.90. The first-order valence-corrected chi connectivity index (χ1v) is 10.4. The zero-order chi connectivity index (χ0) is 19.3. The molecule has 1 aliphatic rings. The van der Waals surface area contributed by atoms with Gasteiger partial charge >= 0.3 is 0 Å². The summed E-state index contributed by atoms with van der Waals surface area (Å²) in [4.78, 5) is 4.60. The zero-order valence-electron chi connectivity index (χ0n) is 17.1. The maximum atomic E-state index is 5.90. The van der Waals surface area contributed by atoms with Crippen molar-refractivity contribution in [3.8, 4) is 0 Å². The molecule has 1 saturated heterocycles. The Hall–Kier alpha value is -1.60. The number of ether oxygens (including phenoxy) is 2. The molecule has 0 bridgehead atoms. The van der Waals surface area contributed by atoms with Gasteiger partial charge in [-0.3, -0.25) is 0 Å². The molecule has 0 saturated carbocycles. The molecular formula is C20H36N4O3. The van der Waals surface area contributed by atoms with E-state index >= 15 is 0 Å². The van der Waals surface area contributed by atoms with Crippen molar-refractivity contribution in [3.05, 3.63) is 17.5 Å². The summed E-state index contributed by atoms with van der Waals surface area (Å²) in [5, 5.41) is 10.8. The molecule has 0 amide bonds. The van der Waals surface area contributed by atoms with Crippen molar-refractivity contribution in [3.63, 3.8) is 0 Å². The molecule has 0 aliphatic carbocycles. The first-order valence-electron chi connectivity index (χ1n) is 10.4.